The number of amides is 4. The van der Waals surface area contributed by atoms with Crippen LogP contribution in [0.5, 0.6) is 0 Å². The number of carboxylic acids is 1. The molecule has 8 heteroatoms. The van der Waals surface area contributed by atoms with E-state index in [2.05, 4.69) is 10.6 Å². The number of unbranched alkanes of at least 4 members (excludes halogenated alkanes) is 1. The highest BCUT2D eigenvalue weighted by Gasteiger charge is 2.45. The summed E-state index contributed by atoms with van der Waals surface area (Å²) in [5.74, 6) is -2.25. The number of nitrogens with one attached hydrogen (secondary N) is 2. The van der Waals surface area contributed by atoms with Crippen molar-refractivity contribution in [2.75, 3.05) is 6.54 Å². The van der Waals surface area contributed by atoms with Gasteiger partial charge in [0.25, 0.3) is 11.8 Å². The van der Waals surface area contributed by atoms with E-state index in [-0.39, 0.29) is 11.8 Å². The highest BCUT2D eigenvalue weighted by molar-refractivity contribution is 6.06. The van der Waals surface area contributed by atoms with E-state index in [1.807, 2.05) is 6.07 Å². The number of carbonyl (C=O) groups is 4. The van der Waals surface area contributed by atoms with Gasteiger partial charge in [-0.1, -0.05) is 32.0 Å². The fourth-order valence-electron chi connectivity index (χ4n) is 3.07. The van der Waals surface area contributed by atoms with Crippen LogP contribution in [0.25, 0.3) is 0 Å². The number of imide groups is 1. The van der Waals surface area contributed by atoms with Crippen molar-refractivity contribution in [2.24, 2.45) is 5.92 Å². The van der Waals surface area contributed by atoms with Crippen molar-refractivity contribution in [1.82, 2.24) is 15.5 Å². The van der Waals surface area contributed by atoms with Gasteiger partial charge in [0.1, 0.15) is 12.1 Å². The maximum absolute atomic E-state index is 12.4. The minimum atomic E-state index is -1.20. The van der Waals surface area contributed by atoms with Gasteiger partial charge in [0.05, 0.1) is 0 Å². The number of aliphatic carboxylic acids is 1. The lowest BCUT2D eigenvalue weighted by Crippen LogP contribution is -2.48. The fourth-order valence-corrected chi connectivity index (χ4v) is 3.07. The SMILES string of the molecule is CC(C)[C@H](C(=O)O)N1C(=O)NC(CCCCNC(=O)c2ccccc2)C1=O. The van der Waals surface area contributed by atoms with E-state index in [1.165, 1.54) is 0 Å². The molecule has 0 aliphatic carbocycles. The zero-order valence-corrected chi connectivity index (χ0v) is 15.5. The smallest absolute Gasteiger partial charge is 0.327 e. The Morgan fingerprint density at radius 1 is 1.19 bits per heavy atom. The van der Waals surface area contributed by atoms with Crippen molar-refractivity contribution < 1.29 is 24.3 Å². The highest BCUT2D eigenvalue weighted by Crippen LogP contribution is 2.20. The Balaban J connectivity index is 1.78. The molecule has 1 saturated heterocycles. The first-order valence-corrected chi connectivity index (χ1v) is 9.02. The summed E-state index contributed by atoms with van der Waals surface area (Å²) in [5.41, 5.74) is 0.583. The van der Waals surface area contributed by atoms with Crippen LogP contribution in [0.1, 0.15) is 43.5 Å². The Morgan fingerprint density at radius 2 is 1.85 bits per heavy atom. The van der Waals surface area contributed by atoms with Crippen molar-refractivity contribution in [1.29, 1.82) is 0 Å². The third-order valence-corrected chi connectivity index (χ3v) is 4.46. The molecule has 0 radical (unpaired) electrons. The summed E-state index contributed by atoms with van der Waals surface area (Å²) in [4.78, 5) is 48.6. The average molecular weight is 375 g/mol. The molecule has 146 valence electrons. The van der Waals surface area contributed by atoms with Crippen LogP contribution < -0.4 is 10.6 Å². The lowest BCUT2D eigenvalue weighted by Gasteiger charge is -2.24. The quantitative estimate of drug-likeness (QED) is 0.448. The zero-order valence-electron chi connectivity index (χ0n) is 15.5. The monoisotopic (exact) mass is 375 g/mol. The van der Waals surface area contributed by atoms with Crippen LogP contribution in [0.3, 0.4) is 0 Å². The van der Waals surface area contributed by atoms with E-state index in [4.69, 9.17) is 0 Å². The van der Waals surface area contributed by atoms with Gasteiger partial charge in [-0.15, -0.1) is 0 Å². The van der Waals surface area contributed by atoms with Crippen LogP contribution in [-0.2, 0) is 9.59 Å². The predicted octanol–water partition coefficient (Wildman–Crippen LogP) is 1.62. The van der Waals surface area contributed by atoms with Gasteiger partial charge in [0.15, 0.2) is 0 Å². The second-order valence-electron chi connectivity index (χ2n) is 6.86. The standard InChI is InChI=1S/C19H25N3O5/c1-12(2)15(18(25)26)22-17(24)14(21-19(22)27)10-6-7-11-20-16(23)13-8-4-3-5-9-13/h3-5,8-9,12,14-15H,6-7,10-11H2,1-2H3,(H,20,23)(H,21,27)(H,25,26)/t14?,15-/m1/s1. The first kappa shape index (κ1) is 20.4. The number of nitrogens with zero attached hydrogens (tertiary/aromatic N) is 1. The molecule has 1 aromatic carbocycles. The fraction of sp³-hybridized carbons (Fsp3) is 0.474. The summed E-state index contributed by atoms with van der Waals surface area (Å²) < 4.78 is 0. The lowest BCUT2D eigenvalue weighted by atomic mass is 10.0. The molecule has 3 N–H and O–H groups in total. The lowest BCUT2D eigenvalue weighted by molar-refractivity contribution is -0.148. The molecule has 27 heavy (non-hydrogen) atoms. The third-order valence-electron chi connectivity index (χ3n) is 4.46. The van der Waals surface area contributed by atoms with Gasteiger partial charge >= 0.3 is 12.0 Å². The Kier molecular flexibility index (Phi) is 6.92. The van der Waals surface area contributed by atoms with Crippen LogP contribution in [0, 0.1) is 5.92 Å². The molecule has 0 bridgehead atoms. The number of carboxylic acid groups (broad SMARTS) is 1. The van der Waals surface area contributed by atoms with Gasteiger partial charge in [-0.3, -0.25) is 9.59 Å². The van der Waals surface area contributed by atoms with Gasteiger partial charge in [-0.2, -0.15) is 0 Å². The van der Waals surface area contributed by atoms with Gasteiger partial charge in [-0.05, 0) is 37.3 Å². The molecule has 2 rings (SSSR count). The molecule has 0 saturated carbocycles. The van der Waals surface area contributed by atoms with Crippen molar-refractivity contribution in [3.05, 3.63) is 35.9 Å². The molecule has 1 aliphatic heterocycles. The Morgan fingerprint density at radius 3 is 2.44 bits per heavy atom. The van der Waals surface area contributed by atoms with Crippen LogP contribution >= 0.6 is 0 Å². The van der Waals surface area contributed by atoms with E-state index >= 15 is 0 Å². The van der Waals surface area contributed by atoms with Crippen LogP contribution in [0.2, 0.25) is 0 Å². The number of benzene rings is 1. The topological polar surface area (TPSA) is 116 Å². The van der Waals surface area contributed by atoms with Crippen molar-refractivity contribution in [2.45, 2.75) is 45.2 Å². The molecular weight excluding hydrogens is 350 g/mol. The molecule has 1 aromatic rings. The normalized spacial score (nSPS) is 17.7. The maximum atomic E-state index is 12.4. The molecule has 1 heterocycles. The first-order valence-electron chi connectivity index (χ1n) is 9.02. The number of carbonyl (C=O) groups excluding carboxylic acids is 3. The van der Waals surface area contributed by atoms with Gasteiger partial charge in [-0.25, -0.2) is 14.5 Å². The van der Waals surface area contributed by atoms with E-state index < -0.39 is 30.0 Å². The van der Waals surface area contributed by atoms with Gasteiger partial charge in [0, 0.05) is 12.1 Å². The summed E-state index contributed by atoms with van der Waals surface area (Å²) in [5, 5.41) is 14.7. The Bertz CT molecular complexity index is 705. The van der Waals surface area contributed by atoms with Crippen molar-refractivity contribution in [3.63, 3.8) is 0 Å². The number of rotatable bonds is 9. The maximum Gasteiger partial charge on any atom is 0.327 e. The molecule has 0 spiro atoms. The predicted molar refractivity (Wildman–Crippen MR) is 98.1 cm³/mol. The highest BCUT2D eigenvalue weighted by atomic mass is 16.4. The van der Waals surface area contributed by atoms with Crippen molar-refractivity contribution >= 4 is 23.8 Å². The molecule has 0 aromatic heterocycles. The molecule has 8 nitrogen and oxygen atoms in total. The molecular formula is C19H25N3O5. The van der Waals surface area contributed by atoms with Crippen molar-refractivity contribution in [3.8, 4) is 0 Å². The zero-order chi connectivity index (χ0) is 20.0. The minimum Gasteiger partial charge on any atom is -0.480 e. The third kappa shape index (κ3) is 5.06. The van der Waals surface area contributed by atoms with E-state index in [1.54, 1.807) is 38.1 Å². The second-order valence-corrected chi connectivity index (χ2v) is 6.86. The van der Waals surface area contributed by atoms with E-state index in [9.17, 15) is 24.3 Å². The largest absolute Gasteiger partial charge is 0.480 e. The summed E-state index contributed by atoms with van der Waals surface area (Å²) in [7, 11) is 0. The van der Waals surface area contributed by atoms with Crippen LogP contribution in [0.4, 0.5) is 4.79 Å². The van der Waals surface area contributed by atoms with Gasteiger partial charge < -0.3 is 15.7 Å². The van der Waals surface area contributed by atoms with Crippen LogP contribution in [0.15, 0.2) is 30.3 Å². The van der Waals surface area contributed by atoms with E-state index in [0.717, 1.165) is 4.90 Å². The first-order chi connectivity index (χ1) is 12.8. The summed E-state index contributed by atoms with van der Waals surface area (Å²) in [6.45, 7) is 3.76. The molecule has 1 fully saturated rings. The Labute approximate surface area is 157 Å². The molecule has 2 atom stereocenters. The Hall–Kier alpha value is -2.90. The molecule has 1 unspecified atom stereocenters. The van der Waals surface area contributed by atoms with E-state index in [0.29, 0.717) is 31.4 Å². The summed E-state index contributed by atoms with van der Waals surface area (Å²) >= 11 is 0. The number of hydrogen-bond donors (Lipinski definition) is 3. The average Bonchev–Trinajstić information content (AvgIpc) is 2.89. The molecule has 1 aliphatic rings. The number of hydrogen-bond acceptors (Lipinski definition) is 4. The summed E-state index contributed by atoms with van der Waals surface area (Å²) in [6, 6.07) is 6.31. The number of urea groups is 1. The second kappa shape index (κ2) is 9.16. The van der Waals surface area contributed by atoms with Crippen LogP contribution in [-0.4, -0.2) is 52.4 Å². The molecule has 4 amide bonds. The van der Waals surface area contributed by atoms with Gasteiger partial charge in [0.2, 0.25) is 0 Å². The summed E-state index contributed by atoms with van der Waals surface area (Å²) in [6.07, 6.45) is 1.65. The minimum absolute atomic E-state index is 0.159.